The van der Waals surface area contributed by atoms with E-state index in [2.05, 4.69) is 20.8 Å². The number of hydrogen-bond acceptors (Lipinski definition) is 2. The predicted molar refractivity (Wildman–Crippen MR) is 112 cm³/mol. The summed E-state index contributed by atoms with van der Waals surface area (Å²) in [6.07, 6.45) is 0.414. The Morgan fingerprint density at radius 2 is 1.32 bits per heavy atom. The molecule has 0 fully saturated rings. The maximum atomic E-state index is 13.9. The zero-order valence-corrected chi connectivity index (χ0v) is 18.8. The van der Waals surface area contributed by atoms with Gasteiger partial charge in [-0.25, -0.2) is 22.0 Å². The molecule has 170 valence electrons. The molecule has 2 nitrogen and oxygen atoms in total. The van der Waals surface area contributed by atoms with Gasteiger partial charge in [-0.3, -0.25) is 0 Å². The third-order valence-corrected chi connectivity index (χ3v) is 10.3. The van der Waals surface area contributed by atoms with Crippen molar-refractivity contribution in [3.63, 3.8) is 0 Å². The van der Waals surface area contributed by atoms with Crippen LogP contribution in [0.5, 0.6) is 0 Å². The first kappa shape index (κ1) is 25.2. The minimum Gasteiger partial charge on any atom is -0.407 e. The summed E-state index contributed by atoms with van der Waals surface area (Å²) < 4.78 is 74.5. The second-order valence-corrected chi connectivity index (χ2v) is 12.1. The Bertz CT molecular complexity index is 863. The normalized spacial score (nSPS) is 14.2. The summed E-state index contributed by atoms with van der Waals surface area (Å²) in [5.74, 6) is -10.5. The molecule has 0 aliphatic rings. The Balaban J connectivity index is 2.29. The van der Waals surface area contributed by atoms with E-state index in [-0.39, 0.29) is 6.42 Å². The molecule has 0 saturated carbocycles. The van der Waals surface area contributed by atoms with E-state index >= 15 is 0 Å². The molecule has 0 aliphatic carbocycles. The first-order valence-corrected chi connectivity index (χ1v) is 12.8. The highest BCUT2D eigenvalue weighted by Crippen LogP contribution is 2.32. The molecule has 0 amide bonds. The first-order valence-electron chi connectivity index (χ1n) is 10.3. The van der Waals surface area contributed by atoms with Crippen molar-refractivity contribution in [2.75, 3.05) is 0 Å². The molecular weight excluding hydrogens is 431 g/mol. The molecule has 0 aromatic heterocycles. The fourth-order valence-electron chi connectivity index (χ4n) is 3.49. The minimum absolute atomic E-state index is 0.343. The highest BCUT2D eigenvalue weighted by Gasteiger charge is 2.32. The third-order valence-electron chi connectivity index (χ3n) is 5.69. The average molecular weight is 459 g/mol. The van der Waals surface area contributed by atoms with Gasteiger partial charge < -0.3 is 9.53 Å². The van der Waals surface area contributed by atoms with Crippen molar-refractivity contribution in [1.82, 2.24) is 0 Å². The van der Waals surface area contributed by atoms with E-state index < -0.39 is 55.2 Å². The topological polar surface area (TPSA) is 29.5 Å². The molecule has 2 aromatic rings. The predicted octanol–water partition coefficient (Wildman–Crippen LogP) is 7.12. The van der Waals surface area contributed by atoms with E-state index in [1.807, 2.05) is 30.3 Å². The number of aliphatic hydroxyl groups is 1. The maximum absolute atomic E-state index is 13.9. The monoisotopic (exact) mass is 458 g/mol. The van der Waals surface area contributed by atoms with Crippen molar-refractivity contribution in [3.8, 4) is 0 Å². The van der Waals surface area contributed by atoms with Crippen LogP contribution in [0.3, 0.4) is 0 Å². The quantitative estimate of drug-likeness (QED) is 0.135. The number of aliphatic hydroxyl groups excluding tert-OH is 1. The molecule has 31 heavy (non-hydrogen) atoms. The summed E-state index contributed by atoms with van der Waals surface area (Å²) in [4.78, 5) is 0. The van der Waals surface area contributed by atoms with Gasteiger partial charge in [0, 0.05) is 0 Å². The summed E-state index contributed by atoms with van der Waals surface area (Å²) in [6, 6.07) is 12.1. The van der Waals surface area contributed by atoms with Crippen LogP contribution in [0.25, 0.3) is 0 Å². The van der Waals surface area contributed by atoms with Crippen molar-refractivity contribution in [3.05, 3.63) is 82.7 Å². The van der Waals surface area contributed by atoms with Gasteiger partial charge in [0.05, 0.1) is 17.8 Å². The van der Waals surface area contributed by atoms with Crippen LogP contribution >= 0.6 is 0 Å². The smallest absolute Gasteiger partial charge is 0.200 e. The van der Waals surface area contributed by atoms with Crippen LogP contribution in [0.4, 0.5) is 22.0 Å². The molecule has 2 aromatic carbocycles. The van der Waals surface area contributed by atoms with Crippen LogP contribution in [-0.2, 0) is 4.43 Å². The Morgan fingerprint density at radius 3 is 1.81 bits per heavy atom. The van der Waals surface area contributed by atoms with Crippen LogP contribution in [0.1, 0.15) is 50.5 Å². The molecule has 0 spiro atoms. The Labute approximate surface area is 180 Å². The van der Waals surface area contributed by atoms with E-state index in [4.69, 9.17) is 4.43 Å². The lowest BCUT2D eigenvalue weighted by molar-refractivity contribution is 0.166. The molecule has 0 aliphatic heterocycles. The van der Waals surface area contributed by atoms with E-state index in [0.29, 0.717) is 0 Å². The fourth-order valence-corrected chi connectivity index (χ4v) is 6.25. The fraction of sp³-hybridized carbons (Fsp3) is 0.391. The lowest BCUT2D eigenvalue weighted by Crippen LogP contribution is -2.36. The molecular formula is C23H27F5O2Si. The lowest BCUT2D eigenvalue weighted by Gasteiger charge is -2.32. The van der Waals surface area contributed by atoms with Gasteiger partial charge >= 0.3 is 0 Å². The van der Waals surface area contributed by atoms with Crippen molar-refractivity contribution < 1.29 is 31.5 Å². The number of benzene rings is 2. The molecule has 2 rings (SSSR count). The second kappa shape index (κ2) is 11.0. The van der Waals surface area contributed by atoms with Gasteiger partial charge in [0.1, 0.15) is 0 Å². The highest BCUT2D eigenvalue weighted by atomic mass is 28.4. The number of hydrogen-bond donors (Lipinski definition) is 1. The Kier molecular flexibility index (Phi) is 8.97. The largest absolute Gasteiger partial charge is 0.407 e. The molecule has 8 heteroatoms. The van der Waals surface area contributed by atoms with Gasteiger partial charge in [0.2, 0.25) is 5.82 Å². The lowest BCUT2D eigenvalue weighted by atomic mass is 10.0. The van der Waals surface area contributed by atoms with Crippen molar-refractivity contribution in [1.29, 1.82) is 0 Å². The van der Waals surface area contributed by atoms with Crippen LogP contribution in [0.2, 0.25) is 18.1 Å². The summed E-state index contributed by atoms with van der Waals surface area (Å²) >= 11 is 0. The standard InChI is InChI=1S/C23H27F5O2Si/c1-4-31(5-2,6-3)30-17(15-11-8-7-9-12-15)14-10-13-16(29)18-19(24)21(26)23(28)22(27)20(18)25/h7-12,14,16-17,29H,4-6,13H2,1-3H3/b14-10-/t16-,17+/m0/s1. The van der Waals surface area contributed by atoms with Crippen molar-refractivity contribution in [2.24, 2.45) is 0 Å². The van der Waals surface area contributed by atoms with Crippen LogP contribution < -0.4 is 0 Å². The molecule has 0 unspecified atom stereocenters. The molecule has 0 saturated heterocycles. The van der Waals surface area contributed by atoms with Crippen LogP contribution in [0, 0.1) is 29.1 Å². The summed E-state index contributed by atoms with van der Waals surface area (Å²) in [5.41, 5.74) is -0.366. The average Bonchev–Trinajstić information content (AvgIpc) is 2.79. The van der Waals surface area contributed by atoms with Crippen molar-refractivity contribution >= 4 is 8.32 Å². The van der Waals surface area contributed by atoms with E-state index in [1.165, 1.54) is 6.08 Å². The van der Waals surface area contributed by atoms with Gasteiger partial charge in [-0.1, -0.05) is 63.3 Å². The van der Waals surface area contributed by atoms with Gasteiger partial charge in [-0.15, -0.1) is 0 Å². The molecule has 0 bridgehead atoms. The van der Waals surface area contributed by atoms with Crippen LogP contribution in [-0.4, -0.2) is 13.4 Å². The zero-order valence-electron chi connectivity index (χ0n) is 17.8. The summed E-state index contributed by atoms with van der Waals surface area (Å²) in [7, 11) is -2.02. The van der Waals surface area contributed by atoms with Gasteiger partial charge in [-0.2, -0.15) is 0 Å². The molecule has 1 N–H and O–H groups in total. The van der Waals surface area contributed by atoms with Crippen molar-refractivity contribution in [2.45, 2.75) is 57.5 Å². The number of halogens is 5. The molecule has 2 atom stereocenters. The summed E-state index contributed by atoms with van der Waals surface area (Å²) in [6.45, 7) is 6.24. The van der Waals surface area contributed by atoms with E-state index in [9.17, 15) is 27.1 Å². The number of rotatable bonds is 10. The van der Waals surface area contributed by atoms with Gasteiger partial charge in [-0.05, 0) is 30.1 Å². The van der Waals surface area contributed by atoms with E-state index in [1.54, 1.807) is 6.08 Å². The van der Waals surface area contributed by atoms with Gasteiger partial charge in [0.25, 0.3) is 0 Å². The zero-order chi connectivity index (χ0) is 23.2. The Morgan fingerprint density at radius 1 is 0.839 bits per heavy atom. The Hall–Kier alpha value is -2.03. The molecule has 0 radical (unpaired) electrons. The molecule has 0 heterocycles. The first-order chi connectivity index (χ1) is 14.7. The summed E-state index contributed by atoms with van der Waals surface area (Å²) in [5, 5.41) is 10.2. The minimum atomic E-state index is -2.25. The third kappa shape index (κ3) is 5.61. The SMILES string of the molecule is CC[Si](CC)(CC)O[C@H](/C=C\C[C@H](O)c1c(F)c(F)c(F)c(F)c1F)c1ccccc1. The highest BCUT2D eigenvalue weighted by molar-refractivity contribution is 6.73. The van der Waals surface area contributed by atoms with Crippen LogP contribution in [0.15, 0.2) is 42.5 Å². The van der Waals surface area contributed by atoms with E-state index in [0.717, 1.165) is 23.7 Å². The second-order valence-electron chi connectivity index (χ2n) is 7.36. The van der Waals surface area contributed by atoms with Gasteiger partial charge in [0.15, 0.2) is 31.6 Å². The maximum Gasteiger partial charge on any atom is 0.200 e.